The highest BCUT2D eigenvalue weighted by molar-refractivity contribution is 7.89. The Morgan fingerprint density at radius 1 is 1.06 bits per heavy atom. The topological polar surface area (TPSA) is 103 Å². The number of aryl methyl sites for hydroxylation is 2. The first-order valence-corrected chi connectivity index (χ1v) is 13.0. The van der Waals surface area contributed by atoms with Crippen LogP contribution >= 0.6 is 0 Å². The molecule has 0 bridgehead atoms. The summed E-state index contributed by atoms with van der Waals surface area (Å²) in [4.78, 5) is 11.7. The molecule has 0 atom stereocenters. The fraction of sp³-hybridized carbons (Fsp3) is 0.522. The van der Waals surface area contributed by atoms with Gasteiger partial charge in [-0.15, -0.1) is 0 Å². The van der Waals surface area contributed by atoms with Crippen LogP contribution in [0.5, 0.6) is 11.6 Å². The number of methoxy groups -OCH3 is 1. The standard InChI is InChI=1S/C23H32N6O4S/c1-6-8-18-20-21(28(4)26-18)23(32-5)25-22(24-20)17-15-16(9-10-19(17)33-7-2)34(30,31)29-13-11-27(3)12-14-29/h9-10,15H,6-8,11-14H2,1-5H3. The molecule has 0 unspecified atom stereocenters. The number of hydrogen-bond acceptors (Lipinski definition) is 8. The molecule has 1 aliphatic rings. The van der Waals surface area contributed by atoms with Crippen LogP contribution in [0.15, 0.2) is 23.1 Å². The molecule has 1 fully saturated rings. The van der Waals surface area contributed by atoms with E-state index >= 15 is 0 Å². The molecule has 0 N–H and O–H groups in total. The van der Waals surface area contributed by atoms with E-state index in [0.717, 1.165) is 18.5 Å². The molecule has 184 valence electrons. The molecule has 1 aromatic carbocycles. The number of piperazine rings is 1. The average molecular weight is 489 g/mol. The molecule has 0 radical (unpaired) electrons. The van der Waals surface area contributed by atoms with E-state index < -0.39 is 10.0 Å². The largest absolute Gasteiger partial charge is 0.493 e. The Labute approximate surface area is 200 Å². The predicted octanol–water partition coefficient (Wildman–Crippen LogP) is 2.33. The van der Waals surface area contributed by atoms with Crippen LogP contribution < -0.4 is 9.47 Å². The van der Waals surface area contributed by atoms with Crippen LogP contribution in [0.1, 0.15) is 26.0 Å². The lowest BCUT2D eigenvalue weighted by molar-refractivity contribution is 0.222. The van der Waals surface area contributed by atoms with Crippen LogP contribution in [0.4, 0.5) is 0 Å². The van der Waals surface area contributed by atoms with Gasteiger partial charge in [-0.1, -0.05) is 13.3 Å². The summed E-state index contributed by atoms with van der Waals surface area (Å²) in [5, 5.41) is 4.60. The van der Waals surface area contributed by atoms with Crippen molar-refractivity contribution < 1.29 is 17.9 Å². The van der Waals surface area contributed by atoms with E-state index in [1.165, 1.54) is 4.31 Å². The SMILES string of the molecule is CCCc1nn(C)c2c(OC)nc(-c3cc(S(=O)(=O)N4CCN(C)CC4)ccc3OCC)nc12. The van der Waals surface area contributed by atoms with Crippen LogP contribution in [0.3, 0.4) is 0 Å². The maximum Gasteiger partial charge on any atom is 0.243 e. The van der Waals surface area contributed by atoms with Gasteiger partial charge >= 0.3 is 0 Å². The molecule has 2 aromatic heterocycles. The van der Waals surface area contributed by atoms with E-state index in [9.17, 15) is 8.42 Å². The monoisotopic (exact) mass is 488 g/mol. The van der Waals surface area contributed by atoms with E-state index in [-0.39, 0.29) is 4.90 Å². The van der Waals surface area contributed by atoms with Crippen molar-refractivity contribution in [2.75, 3.05) is 46.9 Å². The smallest absolute Gasteiger partial charge is 0.243 e. The van der Waals surface area contributed by atoms with Crippen molar-refractivity contribution in [3.63, 3.8) is 0 Å². The van der Waals surface area contributed by atoms with E-state index in [1.807, 2.05) is 21.0 Å². The van der Waals surface area contributed by atoms with Crippen LogP contribution in [0, 0.1) is 0 Å². The fourth-order valence-corrected chi connectivity index (χ4v) is 5.63. The summed E-state index contributed by atoms with van der Waals surface area (Å²) < 4.78 is 41.5. The highest BCUT2D eigenvalue weighted by atomic mass is 32.2. The number of fused-ring (bicyclic) bond motifs is 1. The lowest BCUT2D eigenvalue weighted by atomic mass is 10.1. The van der Waals surface area contributed by atoms with Gasteiger partial charge in [0.1, 0.15) is 16.8 Å². The van der Waals surface area contributed by atoms with Crippen molar-refractivity contribution in [3.05, 3.63) is 23.9 Å². The number of sulfonamides is 1. The summed E-state index contributed by atoms with van der Waals surface area (Å²) >= 11 is 0. The summed E-state index contributed by atoms with van der Waals surface area (Å²) in [6.45, 7) is 6.68. The second-order valence-electron chi connectivity index (χ2n) is 8.37. The molecule has 0 amide bonds. The molecule has 1 aliphatic heterocycles. The first-order chi connectivity index (χ1) is 16.3. The molecule has 1 saturated heterocycles. The molecule has 0 spiro atoms. The Kier molecular flexibility index (Phi) is 7.06. The minimum absolute atomic E-state index is 0.193. The molecule has 0 aliphatic carbocycles. The van der Waals surface area contributed by atoms with E-state index in [0.29, 0.717) is 66.8 Å². The van der Waals surface area contributed by atoms with Crippen LogP contribution in [0.2, 0.25) is 0 Å². The zero-order chi connectivity index (χ0) is 24.5. The molecule has 10 nitrogen and oxygen atoms in total. The van der Waals surface area contributed by atoms with E-state index in [2.05, 4.69) is 21.9 Å². The summed E-state index contributed by atoms with van der Waals surface area (Å²) in [6, 6.07) is 4.87. The van der Waals surface area contributed by atoms with Crippen LogP contribution in [0.25, 0.3) is 22.4 Å². The van der Waals surface area contributed by atoms with Gasteiger partial charge in [0.2, 0.25) is 15.9 Å². The summed E-state index contributed by atoms with van der Waals surface area (Å²) in [5.74, 6) is 1.24. The predicted molar refractivity (Wildman–Crippen MR) is 130 cm³/mol. The molecular weight excluding hydrogens is 456 g/mol. The molecule has 11 heteroatoms. The molecule has 34 heavy (non-hydrogen) atoms. The van der Waals surface area contributed by atoms with Gasteiger partial charge in [0.25, 0.3) is 0 Å². The van der Waals surface area contributed by atoms with Gasteiger partial charge < -0.3 is 14.4 Å². The first kappa shape index (κ1) is 24.4. The van der Waals surface area contributed by atoms with Crippen molar-refractivity contribution in [2.45, 2.75) is 31.6 Å². The van der Waals surface area contributed by atoms with Gasteiger partial charge in [-0.3, -0.25) is 4.68 Å². The lowest BCUT2D eigenvalue weighted by Gasteiger charge is -2.31. The summed E-state index contributed by atoms with van der Waals surface area (Å²) in [5.41, 5.74) is 2.75. The third-order valence-electron chi connectivity index (χ3n) is 5.99. The molecule has 0 saturated carbocycles. The van der Waals surface area contributed by atoms with Crippen LogP contribution in [-0.2, 0) is 23.5 Å². The average Bonchev–Trinajstić information content (AvgIpc) is 3.14. The maximum atomic E-state index is 13.4. The van der Waals surface area contributed by atoms with Crippen LogP contribution in [-0.4, -0.2) is 84.3 Å². The minimum atomic E-state index is -3.67. The number of ether oxygens (including phenoxy) is 2. The van der Waals surface area contributed by atoms with Gasteiger partial charge in [-0.05, 0) is 38.6 Å². The zero-order valence-electron chi connectivity index (χ0n) is 20.4. The second-order valence-corrected chi connectivity index (χ2v) is 10.3. The first-order valence-electron chi connectivity index (χ1n) is 11.5. The molecular formula is C23H32N6O4S. The van der Waals surface area contributed by atoms with Gasteiger partial charge in [0.05, 0.1) is 29.9 Å². The van der Waals surface area contributed by atoms with Gasteiger partial charge in [0.15, 0.2) is 5.82 Å². The third-order valence-corrected chi connectivity index (χ3v) is 7.89. The van der Waals surface area contributed by atoms with Crippen molar-refractivity contribution in [1.29, 1.82) is 0 Å². The van der Waals surface area contributed by atoms with E-state index in [4.69, 9.17) is 14.5 Å². The number of rotatable bonds is 8. The molecule has 3 aromatic rings. The quantitative estimate of drug-likeness (QED) is 0.476. The lowest BCUT2D eigenvalue weighted by Crippen LogP contribution is -2.47. The molecule has 4 rings (SSSR count). The Bertz CT molecular complexity index is 1280. The number of aromatic nitrogens is 4. The highest BCUT2D eigenvalue weighted by Crippen LogP contribution is 2.35. The Balaban J connectivity index is 1.87. The van der Waals surface area contributed by atoms with Crippen molar-refractivity contribution >= 4 is 21.1 Å². The number of hydrogen-bond donors (Lipinski definition) is 0. The Hall–Kier alpha value is -2.76. The second kappa shape index (κ2) is 9.85. The number of benzene rings is 1. The minimum Gasteiger partial charge on any atom is -0.493 e. The van der Waals surface area contributed by atoms with Gasteiger partial charge in [-0.2, -0.15) is 14.4 Å². The zero-order valence-corrected chi connectivity index (χ0v) is 21.2. The number of nitrogens with zero attached hydrogens (tertiary/aromatic N) is 6. The maximum absolute atomic E-state index is 13.4. The number of likely N-dealkylation sites (N-methyl/N-ethyl adjacent to an activating group) is 1. The highest BCUT2D eigenvalue weighted by Gasteiger charge is 2.29. The fourth-order valence-electron chi connectivity index (χ4n) is 4.18. The third kappa shape index (κ3) is 4.47. The Morgan fingerprint density at radius 2 is 1.79 bits per heavy atom. The van der Waals surface area contributed by atoms with Gasteiger partial charge in [0, 0.05) is 33.2 Å². The molecule has 3 heterocycles. The normalized spacial score (nSPS) is 15.7. The summed E-state index contributed by atoms with van der Waals surface area (Å²) in [6.07, 6.45) is 1.67. The summed E-state index contributed by atoms with van der Waals surface area (Å²) in [7, 11) is 1.71. The van der Waals surface area contributed by atoms with E-state index in [1.54, 1.807) is 30.0 Å². The van der Waals surface area contributed by atoms with Gasteiger partial charge in [-0.25, -0.2) is 13.4 Å². The van der Waals surface area contributed by atoms with Crippen molar-refractivity contribution in [1.82, 2.24) is 29.0 Å². The Morgan fingerprint density at radius 3 is 2.44 bits per heavy atom. The van der Waals surface area contributed by atoms with Crippen molar-refractivity contribution in [2.24, 2.45) is 7.05 Å². The van der Waals surface area contributed by atoms with Crippen molar-refractivity contribution in [3.8, 4) is 23.0 Å².